The Kier molecular flexibility index (Phi) is 6.45. The number of esters is 3. The number of aliphatic hydroxyl groups excluding tert-OH is 1. The van der Waals surface area contributed by atoms with Gasteiger partial charge < -0.3 is 28.8 Å². The van der Waals surface area contributed by atoms with Gasteiger partial charge in [-0.1, -0.05) is 6.07 Å². The van der Waals surface area contributed by atoms with Gasteiger partial charge >= 0.3 is 17.9 Å². The largest absolute Gasteiger partial charge is 0.496 e. The number of benzene rings is 2. The highest BCUT2D eigenvalue weighted by Gasteiger charge is 2.40. The fraction of sp³-hybridized carbons (Fsp3) is 0.273. The van der Waals surface area contributed by atoms with Crippen molar-refractivity contribution < 1.29 is 48.0 Å². The highest BCUT2D eigenvalue weighted by molar-refractivity contribution is 6.05. The van der Waals surface area contributed by atoms with Crippen molar-refractivity contribution >= 4 is 23.7 Å². The summed E-state index contributed by atoms with van der Waals surface area (Å²) in [6.45, 7) is 3.56. The SMILES string of the molecule is COc1cc(OC(C)=O)cc2c1C(=O)[C@@H](O)[C@H](c1ccc(OC(C)=O)c(OC(C)=O)c1)O2. The number of ether oxygens (including phenoxy) is 5. The number of carbonyl (C=O) groups is 4. The molecule has 168 valence electrons. The lowest BCUT2D eigenvalue weighted by Gasteiger charge is -2.31. The van der Waals surface area contributed by atoms with Crippen LogP contribution in [0.15, 0.2) is 30.3 Å². The average molecular weight is 444 g/mol. The quantitative estimate of drug-likeness (QED) is 0.540. The number of rotatable bonds is 5. The molecule has 1 N–H and O–H groups in total. The van der Waals surface area contributed by atoms with E-state index in [0.717, 1.165) is 0 Å². The molecule has 0 unspecified atom stereocenters. The summed E-state index contributed by atoms with van der Waals surface area (Å²) in [5.41, 5.74) is 0.254. The lowest BCUT2D eigenvalue weighted by atomic mass is 9.92. The molecule has 10 nitrogen and oxygen atoms in total. The van der Waals surface area contributed by atoms with Crippen LogP contribution in [-0.4, -0.2) is 42.0 Å². The topological polar surface area (TPSA) is 135 Å². The fourth-order valence-corrected chi connectivity index (χ4v) is 3.20. The van der Waals surface area contributed by atoms with E-state index in [1.165, 1.54) is 58.2 Å². The minimum absolute atomic E-state index is 0.0103. The molecule has 0 aliphatic carbocycles. The molecule has 0 saturated carbocycles. The maximum atomic E-state index is 12.9. The van der Waals surface area contributed by atoms with Crippen molar-refractivity contribution in [2.75, 3.05) is 7.11 Å². The first kappa shape index (κ1) is 22.8. The molecule has 0 bridgehead atoms. The van der Waals surface area contributed by atoms with Crippen LogP contribution in [0.4, 0.5) is 0 Å². The van der Waals surface area contributed by atoms with Crippen LogP contribution in [0.2, 0.25) is 0 Å². The van der Waals surface area contributed by atoms with Crippen LogP contribution < -0.4 is 23.7 Å². The van der Waals surface area contributed by atoms with E-state index in [4.69, 9.17) is 23.7 Å². The Hall–Kier alpha value is -3.92. The van der Waals surface area contributed by atoms with Gasteiger partial charge in [0, 0.05) is 32.9 Å². The van der Waals surface area contributed by atoms with E-state index in [-0.39, 0.29) is 39.9 Å². The molecule has 2 aromatic carbocycles. The van der Waals surface area contributed by atoms with Crippen LogP contribution in [0.5, 0.6) is 28.7 Å². The zero-order valence-corrected chi connectivity index (χ0v) is 17.7. The number of Topliss-reactive ketones (excluding diaryl/α,β-unsaturated/α-hetero) is 1. The van der Waals surface area contributed by atoms with Crippen LogP contribution in [0, 0.1) is 0 Å². The predicted octanol–water partition coefficient (Wildman–Crippen LogP) is 2.15. The van der Waals surface area contributed by atoms with Crippen LogP contribution in [0.25, 0.3) is 0 Å². The lowest BCUT2D eigenvalue weighted by Crippen LogP contribution is -2.36. The summed E-state index contributed by atoms with van der Waals surface area (Å²) >= 11 is 0. The van der Waals surface area contributed by atoms with Crippen molar-refractivity contribution in [3.05, 3.63) is 41.5 Å². The van der Waals surface area contributed by atoms with Gasteiger partial charge in [0.2, 0.25) is 5.78 Å². The highest BCUT2D eigenvalue weighted by atomic mass is 16.6. The molecular weight excluding hydrogens is 424 g/mol. The van der Waals surface area contributed by atoms with E-state index in [1.54, 1.807) is 0 Å². The molecule has 3 rings (SSSR count). The molecule has 2 atom stereocenters. The van der Waals surface area contributed by atoms with Gasteiger partial charge in [-0.25, -0.2) is 0 Å². The second-order valence-electron chi connectivity index (χ2n) is 6.83. The maximum Gasteiger partial charge on any atom is 0.308 e. The number of fused-ring (bicyclic) bond motifs is 1. The minimum Gasteiger partial charge on any atom is -0.496 e. The lowest BCUT2D eigenvalue weighted by molar-refractivity contribution is -0.134. The van der Waals surface area contributed by atoms with Crippen molar-refractivity contribution in [2.24, 2.45) is 0 Å². The molecule has 1 heterocycles. The van der Waals surface area contributed by atoms with Crippen molar-refractivity contribution in [3.8, 4) is 28.7 Å². The monoisotopic (exact) mass is 444 g/mol. The molecule has 0 radical (unpaired) electrons. The molecule has 0 aromatic heterocycles. The standard InChI is InChI=1S/C22H20O10/c1-10(23)29-14-8-17(28-4)19-18(9-14)32-22(21(27)20(19)26)13-5-6-15(30-11(2)24)16(7-13)31-12(3)25/h5-9,21-22,27H,1-4H3/t21-,22+/m1/s1. The Bertz CT molecular complexity index is 1100. The van der Waals surface area contributed by atoms with Crippen molar-refractivity contribution in [1.82, 2.24) is 0 Å². The minimum atomic E-state index is -1.62. The third-order valence-electron chi connectivity index (χ3n) is 4.38. The van der Waals surface area contributed by atoms with Crippen molar-refractivity contribution in [2.45, 2.75) is 33.0 Å². The molecule has 1 aliphatic rings. The number of carbonyl (C=O) groups excluding carboxylic acids is 4. The molecule has 0 fully saturated rings. The van der Waals surface area contributed by atoms with E-state index in [2.05, 4.69) is 0 Å². The normalized spacial score (nSPS) is 17.0. The summed E-state index contributed by atoms with van der Waals surface area (Å²) in [5.74, 6) is -2.50. The Morgan fingerprint density at radius 1 is 0.875 bits per heavy atom. The number of methoxy groups -OCH3 is 1. The van der Waals surface area contributed by atoms with Crippen LogP contribution in [0.1, 0.15) is 42.8 Å². The fourth-order valence-electron chi connectivity index (χ4n) is 3.20. The first-order valence-electron chi connectivity index (χ1n) is 9.41. The van der Waals surface area contributed by atoms with Crippen molar-refractivity contribution in [3.63, 3.8) is 0 Å². The molecule has 0 amide bonds. The van der Waals surface area contributed by atoms with Crippen molar-refractivity contribution in [1.29, 1.82) is 0 Å². The second kappa shape index (κ2) is 9.06. The predicted molar refractivity (Wildman–Crippen MR) is 107 cm³/mol. The first-order chi connectivity index (χ1) is 15.1. The first-order valence-corrected chi connectivity index (χ1v) is 9.41. The smallest absolute Gasteiger partial charge is 0.308 e. The second-order valence-corrected chi connectivity index (χ2v) is 6.83. The third kappa shape index (κ3) is 4.70. The maximum absolute atomic E-state index is 12.9. The van der Waals surface area contributed by atoms with Gasteiger partial charge in [-0.05, 0) is 17.7 Å². The molecule has 1 aliphatic heterocycles. The number of hydrogen-bond donors (Lipinski definition) is 1. The zero-order valence-electron chi connectivity index (χ0n) is 17.7. The van der Waals surface area contributed by atoms with Gasteiger partial charge in [-0.3, -0.25) is 19.2 Å². The zero-order chi connectivity index (χ0) is 23.6. The molecular formula is C22H20O10. The summed E-state index contributed by atoms with van der Waals surface area (Å²) in [6.07, 6.45) is -2.83. The Morgan fingerprint density at radius 3 is 2.09 bits per heavy atom. The summed E-state index contributed by atoms with van der Waals surface area (Å²) in [7, 11) is 1.32. The van der Waals surface area contributed by atoms with E-state index in [1.807, 2.05) is 0 Å². The van der Waals surface area contributed by atoms with Gasteiger partial charge in [0.1, 0.15) is 22.8 Å². The van der Waals surface area contributed by atoms with Gasteiger partial charge in [-0.15, -0.1) is 0 Å². The summed E-state index contributed by atoms with van der Waals surface area (Å²) < 4.78 is 26.2. The molecule has 32 heavy (non-hydrogen) atoms. The summed E-state index contributed by atoms with van der Waals surface area (Å²) in [4.78, 5) is 47.0. The van der Waals surface area contributed by atoms with Gasteiger partial charge in [0.05, 0.1) is 7.11 Å². The number of aliphatic hydroxyl groups is 1. The van der Waals surface area contributed by atoms with E-state index >= 15 is 0 Å². The Morgan fingerprint density at radius 2 is 1.50 bits per heavy atom. The van der Waals surface area contributed by atoms with E-state index in [9.17, 15) is 24.3 Å². The average Bonchev–Trinajstić information content (AvgIpc) is 2.70. The molecule has 2 aromatic rings. The van der Waals surface area contributed by atoms with Crippen LogP contribution in [-0.2, 0) is 14.4 Å². The van der Waals surface area contributed by atoms with Gasteiger partial charge in [0.15, 0.2) is 23.7 Å². The third-order valence-corrected chi connectivity index (χ3v) is 4.38. The molecule has 0 saturated heterocycles. The Labute approximate surface area is 182 Å². The molecule has 0 spiro atoms. The van der Waals surface area contributed by atoms with E-state index in [0.29, 0.717) is 0 Å². The summed E-state index contributed by atoms with van der Waals surface area (Å²) in [5, 5.41) is 10.7. The van der Waals surface area contributed by atoms with E-state index < -0.39 is 35.9 Å². The number of hydrogen-bond acceptors (Lipinski definition) is 10. The highest BCUT2D eigenvalue weighted by Crippen LogP contribution is 2.43. The molecule has 10 heteroatoms. The van der Waals surface area contributed by atoms with Crippen LogP contribution >= 0.6 is 0 Å². The Balaban J connectivity index is 2.05. The van der Waals surface area contributed by atoms with Gasteiger partial charge in [0.25, 0.3) is 0 Å². The number of ketones is 1. The van der Waals surface area contributed by atoms with Crippen LogP contribution in [0.3, 0.4) is 0 Å². The van der Waals surface area contributed by atoms with Gasteiger partial charge in [-0.2, -0.15) is 0 Å². The summed E-state index contributed by atoms with van der Waals surface area (Å²) in [6, 6.07) is 6.78.